The molecule has 70 valence electrons. The Bertz CT molecular complexity index is 420. The highest BCUT2D eigenvalue weighted by Gasteiger charge is 2.23. The van der Waals surface area contributed by atoms with Gasteiger partial charge in [-0.1, -0.05) is 18.2 Å². The van der Waals surface area contributed by atoms with Crippen LogP contribution in [0.2, 0.25) is 0 Å². The van der Waals surface area contributed by atoms with Gasteiger partial charge in [0.15, 0.2) is 5.70 Å². The van der Waals surface area contributed by atoms with E-state index in [-0.39, 0.29) is 11.6 Å². The van der Waals surface area contributed by atoms with Crippen LogP contribution < -0.4 is 0 Å². The van der Waals surface area contributed by atoms with Gasteiger partial charge in [0.25, 0.3) is 0 Å². The first-order valence-corrected chi connectivity index (χ1v) is 4.02. The molecule has 0 atom stereocenters. The molecule has 0 aromatic heterocycles. The van der Waals surface area contributed by atoms with Gasteiger partial charge in [0, 0.05) is 5.56 Å². The quantitative estimate of drug-likeness (QED) is 0.412. The number of rotatable bonds is 1. The van der Waals surface area contributed by atoms with Gasteiger partial charge in [-0.05, 0) is 12.1 Å². The maximum atomic E-state index is 11.0. The van der Waals surface area contributed by atoms with Crippen molar-refractivity contribution in [2.24, 2.45) is 4.99 Å². The van der Waals surface area contributed by atoms with Gasteiger partial charge in [0.2, 0.25) is 5.90 Å². The second kappa shape index (κ2) is 3.33. The average molecular weight is 189 g/mol. The van der Waals surface area contributed by atoms with E-state index in [9.17, 15) is 4.79 Å². The Labute approximate surface area is 80.2 Å². The summed E-state index contributed by atoms with van der Waals surface area (Å²) in [6, 6.07) is 9.02. The van der Waals surface area contributed by atoms with E-state index in [1.54, 1.807) is 12.1 Å². The predicted molar refractivity (Wildman–Crippen MR) is 49.8 cm³/mol. The molecule has 1 N–H and O–H groups in total. The largest absolute Gasteiger partial charge is 0.513 e. The first-order valence-electron chi connectivity index (χ1n) is 4.02. The van der Waals surface area contributed by atoms with Gasteiger partial charge in [-0.15, -0.1) is 0 Å². The third-order valence-electron chi connectivity index (χ3n) is 1.76. The summed E-state index contributed by atoms with van der Waals surface area (Å²) in [5.74, 6) is -0.415. The second-order valence-corrected chi connectivity index (χ2v) is 2.69. The minimum Gasteiger partial charge on any atom is -0.513 e. The zero-order valence-electron chi connectivity index (χ0n) is 7.18. The molecule has 0 unspecified atom stereocenters. The molecule has 0 aliphatic carbocycles. The zero-order chi connectivity index (χ0) is 9.97. The van der Waals surface area contributed by atoms with E-state index >= 15 is 0 Å². The summed E-state index contributed by atoms with van der Waals surface area (Å²) < 4.78 is 4.83. The summed E-state index contributed by atoms with van der Waals surface area (Å²) in [7, 11) is 0. The highest BCUT2D eigenvalue weighted by atomic mass is 16.6. The van der Waals surface area contributed by atoms with Crippen molar-refractivity contribution in [1.82, 2.24) is 0 Å². The molecule has 1 heterocycles. The molecule has 0 radical (unpaired) electrons. The minimum atomic E-state index is -0.633. The van der Waals surface area contributed by atoms with Crippen molar-refractivity contribution in [1.29, 1.82) is 0 Å². The van der Waals surface area contributed by atoms with Crippen molar-refractivity contribution in [3.63, 3.8) is 0 Å². The van der Waals surface area contributed by atoms with Gasteiger partial charge in [-0.3, -0.25) is 0 Å². The van der Waals surface area contributed by atoms with Gasteiger partial charge < -0.3 is 9.84 Å². The van der Waals surface area contributed by atoms with E-state index in [0.717, 1.165) is 0 Å². The molecule has 0 amide bonds. The van der Waals surface area contributed by atoms with Crippen molar-refractivity contribution >= 4 is 11.9 Å². The van der Waals surface area contributed by atoms with E-state index in [2.05, 4.69) is 4.99 Å². The number of carbonyl (C=O) groups excluding carboxylic acids is 1. The number of aliphatic imine (C=N–C) groups is 1. The highest BCUT2D eigenvalue weighted by Crippen LogP contribution is 2.14. The fourth-order valence-electron chi connectivity index (χ4n) is 1.10. The number of carbonyl (C=O) groups is 1. The summed E-state index contributed by atoms with van der Waals surface area (Å²) in [5.41, 5.74) is 0.626. The Hall–Kier alpha value is -2.10. The third kappa shape index (κ3) is 1.37. The number of hydrogen-bond acceptors (Lipinski definition) is 4. The van der Waals surface area contributed by atoms with Crippen LogP contribution in [0.5, 0.6) is 0 Å². The van der Waals surface area contributed by atoms with Crippen LogP contribution in [0, 0.1) is 0 Å². The van der Waals surface area contributed by atoms with Gasteiger partial charge in [-0.2, -0.15) is 0 Å². The van der Waals surface area contributed by atoms with Crippen LogP contribution in [-0.4, -0.2) is 17.0 Å². The third-order valence-corrected chi connectivity index (χ3v) is 1.76. The van der Waals surface area contributed by atoms with E-state index < -0.39 is 5.97 Å². The lowest BCUT2D eigenvalue weighted by Crippen LogP contribution is -2.04. The molecule has 1 aromatic rings. The van der Waals surface area contributed by atoms with E-state index in [1.165, 1.54) is 0 Å². The average Bonchev–Trinajstić information content (AvgIpc) is 2.61. The summed E-state index contributed by atoms with van der Waals surface area (Å²) in [6.07, 6.45) is 0.637. The normalized spacial score (nSPS) is 18.1. The number of cyclic esters (lactones) is 1. The van der Waals surface area contributed by atoms with Crippen molar-refractivity contribution in [3.8, 4) is 0 Å². The summed E-state index contributed by atoms with van der Waals surface area (Å²) >= 11 is 0. The van der Waals surface area contributed by atoms with Gasteiger partial charge in [-0.25, -0.2) is 9.79 Å². The predicted octanol–water partition coefficient (Wildman–Crippen LogP) is 1.39. The molecule has 4 nitrogen and oxygen atoms in total. The molecule has 14 heavy (non-hydrogen) atoms. The van der Waals surface area contributed by atoms with E-state index in [4.69, 9.17) is 9.84 Å². The zero-order valence-corrected chi connectivity index (χ0v) is 7.18. The molecular formula is C10H7NO3. The number of hydrogen-bond donors (Lipinski definition) is 1. The molecule has 2 rings (SSSR count). The fourth-order valence-corrected chi connectivity index (χ4v) is 1.10. The van der Waals surface area contributed by atoms with Crippen LogP contribution in [0.1, 0.15) is 5.56 Å². The first-order chi connectivity index (χ1) is 6.81. The summed E-state index contributed by atoms with van der Waals surface area (Å²) in [6.45, 7) is 0. The number of benzene rings is 1. The van der Waals surface area contributed by atoms with Crippen LogP contribution in [-0.2, 0) is 9.53 Å². The monoisotopic (exact) mass is 189 g/mol. The molecule has 4 heteroatoms. The number of aliphatic hydroxyl groups is 1. The standard InChI is InChI=1S/C10H7NO3/c12-6-8-10(13)14-9(11-8)7-4-2-1-3-5-7/h1-6,12H/b8-6-. The molecule has 0 fully saturated rings. The Kier molecular flexibility index (Phi) is 2.02. The van der Waals surface area contributed by atoms with Crippen LogP contribution in [0.4, 0.5) is 0 Å². The van der Waals surface area contributed by atoms with E-state index in [1.807, 2.05) is 18.2 Å². The molecule has 0 bridgehead atoms. The molecule has 1 aliphatic heterocycles. The Morgan fingerprint density at radius 3 is 2.57 bits per heavy atom. The maximum Gasteiger partial charge on any atom is 0.367 e. The summed E-state index contributed by atoms with van der Waals surface area (Å²) in [5, 5.41) is 8.63. The van der Waals surface area contributed by atoms with Gasteiger partial charge in [0.1, 0.15) is 6.26 Å². The molecule has 1 aromatic carbocycles. The summed E-state index contributed by atoms with van der Waals surface area (Å²) in [4.78, 5) is 14.8. The molecular weight excluding hydrogens is 182 g/mol. The number of esters is 1. The number of nitrogens with zero attached hydrogens (tertiary/aromatic N) is 1. The molecule has 0 saturated carbocycles. The van der Waals surface area contributed by atoms with Crippen molar-refractivity contribution in [3.05, 3.63) is 47.9 Å². The Morgan fingerprint density at radius 1 is 1.29 bits per heavy atom. The smallest absolute Gasteiger partial charge is 0.367 e. The number of aliphatic hydroxyl groups excluding tert-OH is 1. The SMILES string of the molecule is O=C1OC(c2ccccc2)=N/C1=C\O. The first kappa shape index (κ1) is 8.50. The van der Waals surface area contributed by atoms with Gasteiger partial charge in [0.05, 0.1) is 0 Å². The van der Waals surface area contributed by atoms with Crippen LogP contribution in [0.15, 0.2) is 47.3 Å². The fraction of sp³-hybridized carbons (Fsp3) is 0. The lowest BCUT2D eigenvalue weighted by molar-refractivity contribution is -0.130. The van der Waals surface area contributed by atoms with E-state index in [0.29, 0.717) is 11.8 Å². The minimum absolute atomic E-state index is 0.0798. The second-order valence-electron chi connectivity index (χ2n) is 2.69. The number of ether oxygens (including phenoxy) is 1. The van der Waals surface area contributed by atoms with Gasteiger partial charge >= 0.3 is 5.97 Å². The molecule has 0 saturated heterocycles. The maximum absolute atomic E-state index is 11.0. The molecule has 0 spiro atoms. The lowest BCUT2D eigenvalue weighted by atomic mass is 10.2. The van der Waals surface area contributed by atoms with Crippen LogP contribution in [0.3, 0.4) is 0 Å². The van der Waals surface area contributed by atoms with Crippen molar-refractivity contribution in [2.75, 3.05) is 0 Å². The van der Waals surface area contributed by atoms with Crippen molar-refractivity contribution in [2.45, 2.75) is 0 Å². The topological polar surface area (TPSA) is 58.9 Å². The Morgan fingerprint density at radius 2 is 2.00 bits per heavy atom. The Balaban J connectivity index is 2.36. The van der Waals surface area contributed by atoms with Crippen LogP contribution >= 0.6 is 0 Å². The van der Waals surface area contributed by atoms with Crippen LogP contribution in [0.25, 0.3) is 0 Å². The van der Waals surface area contributed by atoms with Crippen molar-refractivity contribution < 1.29 is 14.6 Å². The molecule has 1 aliphatic rings. The highest BCUT2D eigenvalue weighted by molar-refractivity contribution is 6.10. The lowest BCUT2D eigenvalue weighted by Gasteiger charge is -1.96.